The van der Waals surface area contributed by atoms with Crippen molar-refractivity contribution in [2.45, 2.75) is 18.6 Å². The highest BCUT2D eigenvalue weighted by Crippen LogP contribution is 2.40. The number of carbonyl (C=O) groups is 1. The summed E-state index contributed by atoms with van der Waals surface area (Å²) in [5.74, 6) is 0.0984. The molecule has 4 rings (SSSR count). The highest BCUT2D eigenvalue weighted by atomic mass is 19.4. The molecule has 0 unspecified atom stereocenters. The minimum atomic E-state index is -4.42. The summed E-state index contributed by atoms with van der Waals surface area (Å²) in [6.07, 6.45) is -4.17. The molecule has 0 aromatic heterocycles. The van der Waals surface area contributed by atoms with Crippen LogP contribution in [0.15, 0.2) is 42.5 Å². The molecule has 0 radical (unpaired) electrons. The van der Waals surface area contributed by atoms with Crippen molar-refractivity contribution in [3.8, 4) is 5.75 Å². The molecule has 1 saturated heterocycles. The number of anilines is 2. The molecule has 1 amide bonds. The van der Waals surface area contributed by atoms with Crippen LogP contribution in [0.25, 0.3) is 0 Å². The average molecular weight is 464 g/mol. The number of hydrogen-bond donors (Lipinski definition) is 1. The second-order valence-corrected chi connectivity index (χ2v) is 8.34. The Bertz CT molecular complexity index is 998. The lowest BCUT2D eigenvalue weighted by Crippen LogP contribution is -2.61. The van der Waals surface area contributed by atoms with Crippen LogP contribution >= 0.6 is 0 Å². The van der Waals surface area contributed by atoms with E-state index >= 15 is 0 Å². The number of rotatable bonds is 6. The van der Waals surface area contributed by atoms with Crippen LogP contribution < -0.4 is 19.9 Å². The third-order valence-electron chi connectivity index (χ3n) is 6.40. The molecular formula is C24H28F3N3O3. The summed E-state index contributed by atoms with van der Waals surface area (Å²) in [4.78, 5) is 17.4. The average Bonchev–Trinajstić information content (AvgIpc) is 2.82. The number of nitrogens with zero attached hydrogens (tertiary/aromatic N) is 2. The van der Waals surface area contributed by atoms with Crippen molar-refractivity contribution < 1.29 is 27.4 Å². The van der Waals surface area contributed by atoms with Crippen molar-refractivity contribution in [3.05, 3.63) is 53.6 Å². The van der Waals surface area contributed by atoms with Gasteiger partial charge in [0.15, 0.2) is 0 Å². The standard InChI is InChI=1S/C24H28F3N3O3/c1-32-11-8-28-23(31)20-13-16-12-17(24(25,26)27)6-7-21(16)30-10-9-29(15-22(20)30)18-4-3-5-19(14-18)33-2/h3-7,12,14,20,22H,8-11,13,15H2,1-2H3,(H,28,31)/t20-,22+/m0/s1. The van der Waals surface area contributed by atoms with Crippen LogP contribution in [0.3, 0.4) is 0 Å². The van der Waals surface area contributed by atoms with Gasteiger partial charge in [0, 0.05) is 50.7 Å². The maximum Gasteiger partial charge on any atom is 0.416 e. The van der Waals surface area contributed by atoms with Gasteiger partial charge >= 0.3 is 6.18 Å². The monoisotopic (exact) mass is 463 g/mol. The van der Waals surface area contributed by atoms with E-state index in [0.717, 1.165) is 23.2 Å². The number of nitrogens with one attached hydrogen (secondary N) is 1. The second kappa shape index (κ2) is 9.51. The number of benzene rings is 2. The van der Waals surface area contributed by atoms with E-state index in [4.69, 9.17) is 9.47 Å². The van der Waals surface area contributed by atoms with E-state index in [-0.39, 0.29) is 18.4 Å². The Labute approximate surface area is 191 Å². The van der Waals surface area contributed by atoms with Gasteiger partial charge in [-0.05, 0) is 42.3 Å². The van der Waals surface area contributed by atoms with Gasteiger partial charge in [0.25, 0.3) is 0 Å². The lowest BCUT2D eigenvalue weighted by molar-refractivity contribution is -0.137. The van der Waals surface area contributed by atoms with E-state index in [2.05, 4.69) is 15.1 Å². The van der Waals surface area contributed by atoms with Gasteiger partial charge in [-0.1, -0.05) is 6.07 Å². The highest BCUT2D eigenvalue weighted by Gasteiger charge is 2.42. The molecule has 6 nitrogen and oxygen atoms in total. The third-order valence-corrected chi connectivity index (χ3v) is 6.40. The second-order valence-electron chi connectivity index (χ2n) is 8.34. The van der Waals surface area contributed by atoms with Crippen molar-refractivity contribution in [1.82, 2.24) is 5.32 Å². The van der Waals surface area contributed by atoms with E-state index in [0.29, 0.717) is 38.3 Å². The van der Waals surface area contributed by atoms with Crippen molar-refractivity contribution >= 4 is 17.3 Å². The number of hydrogen-bond acceptors (Lipinski definition) is 5. The van der Waals surface area contributed by atoms with Crippen molar-refractivity contribution in [1.29, 1.82) is 0 Å². The summed E-state index contributed by atoms with van der Waals surface area (Å²) in [5, 5.41) is 2.88. The van der Waals surface area contributed by atoms with Gasteiger partial charge in [-0.2, -0.15) is 13.2 Å². The first-order chi connectivity index (χ1) is 15.8. The van der Waals surface area contributed by atoms with Gasteiger partial charge in [0.1, 0.15) is 5.75 Å². The number of carbonyl (C=O) groups excluding carboxylic acids is 1. The molecule has 9 heteroatoms. The SMILES string of the molecule is COCCNC(=O)[C@H]1Cc2cc(C(F)(F)F)ccc2N2CCN(c3cccc(OC)c3)C[C@H]12. The molecule has 2 atom stereocenters. The van der Waals surface area contributed by atoms with Gasteiger partial charge < -0.3 is 24.6 Å². The van der Waals surface area contributed by atoms with Gasteiger partial charge in [-0.3, -0.25) is 4.79 Å². The molecule has 0 saturated carbocycles. The zero-order chi connectivity index (χ0) is 23.6. The summed E-state index contributed by atoms with van der Waals surface area (Å²) < 4.78 is 50.4. The topological polar surface area (TPSA) is 54.0 Å². The van der Waals surface area contributed by atoms with Crippen LogP contribution in [0.4, 0.5) is 24.5 Å². The molecular weight excluding hydrogens is 435 g/mol. The van der Waals surface area contributed by atoms with Crippen LogP contribution in [0.2, 0.25) is 0 Å². The number of piperazine rings is 1. The summed E-state index contributed by atoms with van der Waals surface area (Å²) in [5.41, 5.74) is 1.64. The normalized spacial score (nSPS) is 20.2. The maximum absolute atomic E-state index is 13.3. The van der Waals surface area contributed by atoms with E-state index in [9.17, 15) is 18.0 Å². The lowest BCUT2D eigenvalue weighted by atomic mass is 9.82. The number of methoxy groups -OCH3 is 2. The Morgan fingerprint density at radius 1 is 1.15 bits per heavy atom. The summed E-state index contributed by atoms with van der Waals surface area (Å²) in [6.45, 7) is 2.59. The van der Waals surface area contributed by atoms with Gasteiger partial charge in [0.05, 0.1) is 31.2 Å². The summed E-state index contributed by atoms with van der Waals surface area (Å²) >= 11 is 0. The van der Waals surface area contributed by atoms with Crippen LogP contribution in [-0.4, -0.2) is 59.0 Å². The van der Waals surface area contributed by atoms with Crippen molar-refractivity contribution in [2.24, 2.45) is 5.92 Å². The molecule has 2 aliphatic heterocycles. The summed E-state index contributed by atoms with van der Waals surface area (Å²) in [6, 6.07) is 11.4. The van der Waals surface area contributed by atoms with Crippen LogP contribution in [0.1, 0.15) is 11.1 Å². The fourth-order valence-electron chi connectivity index (χ4n) is 4.75. The molecule has 2 aromatic carbocycles. The van der Waals surface area contributed by atoms with Crippen molar-refractivity contribution in [3.63, 3.8) is 0 Å². The van der Waals surface area contributed by atoms with Crippen molar-refractivity contribution in [2.75, 3.05) is 56.8 Å². The molecule has 0 aliphatic carbocycles. The molecule has 33 heavy (non-hydrogen) atoms. The zero-order valence-electron chi connectivity index (χ0n) is 18.7. The van der Waals surface area contributed by atoms with Crippen LogP contribution in [0.5, 0.6) is 5.75 Å². The third kappa shape index (κ3) is 4.88. The molecule has 1 fully saturated rings. The molecule has 1 N–H and O–H groups in total. The highest BCUT2D eigenvalue weighted by molar-refractivity contribution is 5.82. The molecule has 2 aliphatic rings. The number of alkyl halides is 3. The van der Waals surface area contributed by atoms with E-state index in [1.165, 1.54) is 6.07 Å². The maximum atomic E-state index is 13.3. The first-order valence-electron chi connectivity index (χ1n) is 10.9. The predicted octanol–water partition coefficient (Wildman–Crippen LogP) is 3.34. The van der Waals surface area contributed by atoms with Crippen LogP contribution in [0, 0.1) is 5.92 Å². The molecule has 2 aromatic rings. The van der Waals surface area contributed by atoms with Crippen LogP contribution in [-0.2, 0) is 22.1 Å². The predicted molar refractivity (Wildman–Crippen MR) is 120 cm³/mol. The minimum Gasteiger partial charge on any atom is -0.497 e. The zero-order valence-corrected chi connectivity index (χ0v) is 18.7. The Kier molecular flexibility index (Phi) is 6.69. The fraction of sp³-hybridized carbons (Fsp3) is 0.458. The minimum absolute atomic E-state index is 0.169. The Morgan fingerprint density at radius 3 is 2.70 bits per heavy atom. The quantitative estimate of drug-likeness (QED) is 0.666. The number of halogens is 3. The fourth-order valence-corrected chi connectivity index (χ4v) is 4.75. The first kappa shape index (κ1) is 23.2. The largest absolute Gasteiger partial charge is 0.497 e. The Hall–Kier alpha value is -2.94. The number of fused-ring (bicyclic) bond motifs is 3. The number of amides is 1. The van der Waals surface area contributed by atoms with E-state index in [1.54, 1.807) is 20.3 Å². The molecule has 0 bridgehead atoms. The van der Waals surface area contributed by atoms with E-state index < -0.39 is 17.7 Å². The molecule has 2 heterocycles. The van der Waals surface area contributed by atoms with Gasteiger partial charge in [-0.15, -0.1) is 0 Å². The number of ether oxygens (including phenoxy) is 2. The summed E-state index contributed by atoms with van der Waals surface area (Å²) in [7, 11) is 3.17. The Morgan fingerprint density at radius 2 is 1.97 bits per heavy atom. The Balaban J connectivity index is 1.65. The molecule has 178 valence electrons. The molecule has 0 spiro atoms. The first-order valence-corrected chi connectivity index (χ1v) is 10.9. The van der Waals surface area contributed by atoms with Gasteiger partial charge in [-0.25, -0.2) is 0 Å². The van der Waals surface area contributed by atoms with E-state index in [1.807, 2.05) is 24.3 Å². The van der Waals surface area contributed by atoms with Gasteiger partial charge in [0.2, 0.25) is 5.91 Å². The smallest absolute Gasteiger partial charge is 0.416 e. The lowest BCUT2D eigenvalue weighted by Gasteiger charge is -2.49.